The van der Waals surface area contributed by atoms with E-state index >= 15 is 0 Å². The summed E-state index contributed by atoms with van der Waals surface area (Å²) in [5.74, 6) is -0.245. The first kappa shape index (κ1) is 17.6. The molecule has 1 unspecified atom stereocenters. The molecule has 0 aliphatic heterocycles. The van der Waals surface area contributed by atoms with Gasteiger partial charge in [-0.15, -0.1) is 10.2 Å². The summed E-state index contributed by atoms with van der Waals surface area (Å²) in [6, 6.07) is 14.9. The van der Waals surface area contributed by atoms with Crippen LogP contribution in [-0.2, 0) is 4.79 Å². The van der Waals surface area contributed by atoms with Crippen molar-refractivity contribution in [1.29, 1.82) is 10.7 Å². The number of para-hydroxylation sites is 1. The van der Waals surface area contributed by atoms with Crippen LogP contribution in [0.15, 0.2) is 58.3 Å². The zero-order chi connectivity index (χ0) is 18.5. The number of rotatable bonds is 7. The minimum atomic E-state index is -1.03. The Hall–Kier alpha value is -3.18. The lowest BCUT2D eigenvalue weighted by molar-refractivity contribution is -0.117. The summed E-state index contributed by atoms with van der Waals surface area (Å²) < 4.78 is 7.24. The minimum Gasteiger partial charge on any atom is -0.461 e. The minimum absolute atomic E-state index is 0.0254. The summed E-state index contributed by atoms with van der Waals surface area (Å²) >= 11 is 1.18. The molecule has 2 aromatic heterocycles. The molecule has 0 aliphatic carbocycles. The Labute approximate surface area is 154 Å². The number of Topliss-reactive ketones (excluding diaryl/α,β-unsaturated/α-hetero) is 1. The number of furan rings is 1. The highest BCUT2D eigenvalue weighted by atomic mass is 32.2. The third-order valence-electron chi connectivity index (χ3n) is 3.62. The van der Waals surface area contributed by atoms with E-state index in [0.717, 1.165) is 5.69 Å². The molecule has 1 aromatic carbocycles. The van der Waals surface area contributed by atoms with Crippen molar-refractivity contribution in [3.8, 4) is 23.3 Å². The number of nitrogens with zero attached hydrogens (tertiary/aromatic N) is 4. The summed E-state index contributed by atoms with van der Waals surface area (Å²) in [7, 11) is 0. The first-order chi connectivity index (χ1) is 12.6. The van der Waals surface area contributed by atoms with Gasteiger partial charge in [0, 0.05) is 11.4 Å². The average molecular weight is 365 g/mol. The second kappa shape index (κ2) is 7.80. The Balaban J connectivity index is 1.92. The predicted molar refractivity (Wildman–Crippen MR) is 97.3 cm³/mol. The van der Waals surface area contributed by atoms with Gasteiger partial charge in [0.15, 0.2) is 16.7 Å². The Morgan fingerprint density at radius 1 is 1.31 bits per heavy atom. The molecule has 0 radical (unpaired) electrons. The van der Waals surface area contributed by atoms with Crippen LogP contribution in [0.2, 0.25) is 0 Å². The molecule has 1 N–H and O–H groups in total. The van der Waals surface area contributed by atoms with Gasteiger partial charge in [-0.05, 0) is 31.2 Å². The van der Waals surface area contributed by atoms with Gasteiger partial charge in [-0.3, -0.25) is 9.36 Å². The van der Waals surface area contributed by atoms with E-state index in [2.05, 4.69) is 10.2 Å². The predicted octanol–water partition coefficient (Wildman–Crippen LogP) is 3.37. The molecule has 8 heteroatoms. The Morgan fingerprint density at radius 3 is 2.69 bits per heavy atom. The second-order valence-corrected chi connectivity index (χ2v) is 6.40. The number of benzene rings is 1. The van der Waals surface area contributed by atoms with E-state index < -0.39 is 5.92 Å². The van der Waals surface area contributed by atoms with E-state index in [-0.39, 0.29) is 17.2 Å². The number of carbonyl (C=O) groups excluding carboxylic acids is 1. The topological polar surface area (TPSA) is 109 Å². The molecule has 0 fully saturated rings. The van der Waals surface area contributed by atoms with Crippen molar-refractivity contribution in [3.63, 3.8) is 0 Å². The molecule has 1 atom stereocenters. The largest absolute Gasteiger partial charge is 0.461 e. The van der Waals surface area contributed by atoms with Crippen LogP contribution in [0.25, 0.3) is 17.3 Å². The Kier molecular flexibility index (Phi) is 5.29. The summed E-state index contributed by atoms with van der Waals surface area (Å²) in [6.45, 7) is 1.46. The van der Waals surface area contributed by atoms with Gasteiger partial charge in [0.2, 0.25) is 5.82 Å². The van der Waals surface area contributed by atoms with Crippen molar-refractivity contribution >= 4 is 23.3 Å². The Bertz CT molecular complexity index is 957. The molecule has 2 heterocycles. The van der Waals surface area contributed by atoms with Crippen LogP contribution in [0.4, 0.5) is 0 Å². The monoisotopic (exact) mass is 365 g/mol. The number of ketones is 1. The molecule has 26 heavy (non-hydrogen) atoms. The van der Waals surface area contributed by atoms with E-state index in [9.17, 15) is 4.79 Å². The lowest BCUT2D eigenvalue weighted by Gasteiger charge is -2.09. The molecule has 0 amide bonds. The smallest absolute Gasteiger partial charge is 0.205 e. The van der Waals surface area contributed by atoms with Crippen molar-refractivity contribution in [2.45, 2.75) is 12.1 Å². The SMILES string of the molecule is CC(=N)C(C#N)C(=O)CSc1nnc(-c2ccco2)n1-c1ccccc1. The lowest BCUT2D eigenvalue weighted by atomic mass is 10.0. The molecule has 0 saturated heterocycles. The third-order valence-corrected chi connectivity index (χ3v) is 4.57. The zero-order valence-corrected chi connectivity index (χ0v) is 14.7. The molecule has 7 nitrogen and oxygen atoms in total. The van der Waals surface area contributed by atoms with Gasteiger partial charge in [-0.25, -0.2) is 0 Å². The van der Waals surface area contributed by atoms with Crippen LogP contribution in [0.3, 0.4) is 0 Å². The van der Waals surface area contributed by atoms with Crippen molar-refractivity contribution in [2.75, 3.05) is 5.75 Å². The first-order valence-corrected chi connectivity index (χ1v) is 8.75. The number of nitrogens with one attached hydrogen (secondary N) is 1. The third kappa shape index (κ3) is 3.58. The van der Waals surface area contributed by atoms with Crippen LogP contribution in [-0.4, -0.2) is 32.0 Å². The van der Waals surface area contributed by atoms with Crippen LogP contribution in [0.1, 0.15) is 6.92 Å². The maximum Gasteiger partial charge on any atom is 0.205 e. The maximum absolute atomic E-state index is 12.2. The van der Waals surface area contributed by atoms with Crippen molar-refractivity contribution in [2.24, 2.45) is 5.92 Å². The highest BCUT2D eigenvalue weighted by molar-refractivity contribution is 7.99. The lowest BCUT2D eigenvalue weighted by Crippen LogP contribution is -2.21. The van der Waals surface area contributed by atoms with Crippen LogP contribution in [0.5, 0.6) is 0 Å². The first-order valence-electron chi connectivity index (χ1n) is 7.76. The maximum atomic E-state index is 12.2. The van der Waals surface area contributed by atoms with Gasteiger partial charge in [-0.2, -0.15) is 5.26 Å². The van der Waals surface area contributed by atoms with Crippen LogP contribution >= 0.6 is 11.8 Å². The molecule has 0 spiro atoms. The molecule has 0 saturated carbocycles. The van der Waals surface area contributed by atoms with E-state index in [1.165, 1.54) is 18.7 Å². The summed E-state index contributed by atoms with van der Waals surface area (Å²) in [5.41, 5.74) is 0.873. The molecule has 0 aliphatic rings. The quantitative estimate of drug-likeness (QED) is 0.508. The molecule has 3 aromatic rings. The van der Waals surface area contributed by atoms with Crippen LogP contribution in [0, 0.1) is 22.7 Å². The van der Waals surface area contributed by atoms with Gasteiger partial charge in [0.25, 0.3) is 0 Å². The van der Waals surface area contributed by atoms with Crippen LogP contribution < -0.4 is 0 Å². The number of thioether (sulfide) groups is 1. The molecular weight excluding hydrogens is 350 g/mol. The number of carbonyl (C=O) groups is 1. The highest BCUT2D eigenvalue weighted by Crippen LogP contribution is 2.28. The number of aromatic nitrogens is 3. The van der Waals surface area contributed by atoms with Crippen molar-refractivity contribution < 1.29 is 9.21 Å². The van der Waals surface area contributed by atoms with Gasteiger partial charge >= 0.3 is 0 Å². The van der Waals surface area contributed by atoms with E-state index in [1.54, 1.807) is 23.0 Å². The standard InChI is InChI=1S/C18H15N5O2S/c1-12(20)14(10-19)15(24)11-26-18-22-21-17(16-8-5-9-25-16)23(18)13-6-3-2-4-7-13/h2-9,14,20H,11H2,1H3. The van der Waals surface area contributed by atoms with E-state index in [0.29, 0.717) is 16.7 Å². The Morgan fingerprint density at radius 2 is 2.08 bits per heavy atom. The fourth-order valence-electron chi connectivity index (χ4n) is 2.37. The van der Waals surface area contributed by atoms with Gasteiger partial charge in [0.05, 0.1) is 18.1 Å². The molecule has 3 rings (SSSR count). The fraction of sp³-hybridized carbons (Fsp3) is 0.167. The normalized spacial score (nSPS) is 11.7. The van der Waals surface area contributed by atoms with Crippen molar-refractivity contribution in [3.05, 3.63) is 48.7 Å². The molecular formula is C18H15N5O2S. The summed E-state index contributed by atoms with van der Waals surface area (Å²) in [4.78, 5) is 12.2. The second-order valence-electron chi connectivity index (χ2n) is 5.45. The highest BCUT2D eigenvalue weighted by Gasteiger charge is 2.23. The number of hydrogen-bond acceptors (Lipinski definition) is 7. The van der Waals surface area contributed by atoms with E-state index in [1.807, 2.05) is 36.4 Å². The molecule has 0 bridgehead atoms. The van der Waals surface area contributed by atoms with E-state index in [4.69, 9.17) is 15.1 Å². The summed E-state index contributed by atoms with van der Waals surface area (Å²) in [6.07, 6.45) is 1.56. The average Bonchev–Trinajstić information content (AvgIpc) is 3.30. The van der Waals surface area contributed by atoms with Gasteiger partial charge in [-0.1, -0.05) is 30.0 Å². The van der Waals surface area contributed by atoms with Gasteiger partial charge < -0.3 is 9.83 Å². The summed E-state index contributed by atoms with van der Waals surface area (Å²) in [5, 5.41) is 25.5. The van der Waals surface area contributed by atoms with Crippen molar-refractivity contribution in [1.82, 2.24) is 14.8 Å². The zero-order valence-electron chi connectivity index (χ0n) is 13.9. The number of hydrogen-bond donors (Lipinski definition) is 1. The van der Waals surface area contributed by atoms with Gasteiger partial charge in [0.1, 0.15) is 5.92 Å². The fourth-order valence-corrected chi connectivity index (χ4v) is 3.23. The molecule has 130 valence electrons. The number of nitriles is 1.